The number of hydrogen-bond acceptors (Lipinski definition) is 6. The lowest BCUT2D eigenvalue weighted by Crippen LogP contribution is -2.50. The molecule has 6 unspecified atom stereocenters. The molecule has 4 aliphatic rings. The van der Waals surface area contributed by atoms with Gasteiger partial charge >= 0.3 is 11.9 Å². The van der Waals surface area contributed by atoms with E-state index < -0.39 is 23.1 Å². The molecule has 4 fully saturated rings. The molecule has 0 amide bonds. The zero-order valence-electron chi connectivity index (χ0n) is 22.1. The van der Waals surface area contributed by atoms with Crippen LogP contribution >= 0.6 is 0 Å². The van der Waals surface area contributed by atoms with Gasteiger partial charge in [0.15, 0.2) is 0 Å². The average molecular weight is 503 g/mol. The monoisotopic (exact) mass is 502 g/mol. The van der Waals surface area contributed by atoms with Crippen molar-refractivity contribution in [1.82, 2.24) is 0 Å². The van der Waals surface area contributed by atoms with Gasteiger partial charge in [0.25, 0.3) is 0 Å². The van der Waals surface area contributed by atoms with Crippen molar-refractivity contribution >= 4 is 11.9 Å². The Morgan fingerprint density at radius 1 is 0.833 bits per heavy atom. The highest BCUT2D eigenvalue weighted by atomic mass is 16.5. The molecule has 0 spiro atoms. The Morgan fingerprint density at radius 3 is 2.08 bits per heavy atom. The summed E-state index contributed by atoms with van der Waals surface area (Å²) < 4.78 is 10.9. The van der Waals surface area contributed by atoms with Crippen molar-refractivity contribution in [3.8, 4) is 0 Å². The van der Waals surface area contributed by atoms with Crippen molar-refractivity contribution in [2.24, 2.45) is 29.6 Å². The molecule has 4 bridgehead atoms. The van der Waals surface area contributed by atoms with Crippen molar-refractivity contribution in [3.63, 3.8) is 0 Å². The van der Waals surface area contributed by atoms with E-state index in [0.717, 1.165) is 38.5 Å². The predicted molar refractivity (Wildman–Crippen MR) is 138 cm³/mol. The van der Waals surface area contributed by atoms with E-state index in [1.54, 1.807) is 6.92 Å². The molecule has 0 aromatic carbocycles. The first-order valence-electron chi connectivity index (χ1n) is 14.2. The highest BCUT2D eigenvalue weighted by Gasteiger charge is 2.49. The summed E-state index contributed by atoms with van der Waals surface area (Å²) in [7, 11) is 0. The molecule has 4 saturated carbocycles. The van der Waals surface area contributed by atoms with Crippen LogP contribution in [0.15, 0.2) is 24.3 Å². The van der Waals surface area contributed by atoms with Gasteiger partial charge in [-0.3, -0.25) is 0 Å². The van der Waals surface area contributed by atoms with Gasteiger partial charge in [0.1, 0.15) is 0 Å². The summed E-state index contributed by atoms with van der Waals surface area (Å²) >= 11 is 0. The zero-order valence-corrected chi connectivity index (χ0v) is 22.1. The Balaban J connectivity index is 1.30. The Bertz CT molecular complexity index is 836. The van der Waals surface area contributed by atoms with Gasteiger partial charge in [0.2, 0.25) is 0 Å². The predicted octanol–water partition coefficient (Wildman–Crippen LogP) is 5.26. The van der Waals surface area contributed by atoms with Crippen LogP contribution in [0.2, 0.25) is 0 Å². The average Bonchev–Trinajstić information content (AvgIpc) is 2.81. The normalized spacial score (nSPS) is 37.6. The molecule has 6 nitrogen and oxygen atoms in total. The lowest BCUT2D eigenvalue weighted by atomic mass is 9.58. The second kappa shape index (κ2) is 11.4. The van der Waals surface area contributed by atoms with Crippen molar-refractivity contribution in [2.75, 3.05) is 13.2 Å². The topological polar surface area (TPSA) is 93.1 Å². The van der Waals surface area contributed by atoms with Crippen molar-refractivity contribution in [1.29, 1.82) is 0 Å². The van der Waals surface area contributed by atoms with Crippen LogP contribution in [0.5, 0.6) is 0 Å². The number of carbonyl (C=O) groups is 2. The SMILES string of the molecule is C=C(C)C(=O)OCCC1(O)CC2CCCC(C2)C1CC(=C)C(=O)OCCC1(O)CC2CCCC(C2)C1. The minimum Gasteiger partial charge on any atom is -0.462 e. The van der Waals surface area contributed by atoms with Crippen LogP contribution in [-0.4, -0.2) is 46.6 Å². The number of esters is 2. The molecule has 4 rings (SSSR count). The standard InChI is InChI=1S/C30H46O6/c1-20(2)27(31)35-13-11-30(34)19-24-8-5-9-25(16-24)26(30)14-21(3)28(32)36-12-10-29(33)17-22-6-4-7-23(15-22)18-29/h22-26,33-34H,1,3-19H2,2H3. The fourth-order valence-corrected chi connectivity index (χ4v) is 7.98. The molecule has 0 saturated heterocycles. The lowest BCUT2D eigenvalue weighted by molar-refractivity contribution is -0.147. The maximum Gasteiger partial charge on any atom is 0.333 e. The molecule has 6 heteroatoms. The van der Waals surface area contributed by atoms with Gasteiger partial charge in [-0.1, -0.05) is 51.7 Å². The van der Waals surface area contributed by atoms with Crippen LogP contribution in [-0.2, 0) is 19.1 Å². The number of fused-ring (bicyclic) bond motifs is 4. The van der Waals surface area contributed by atoms with E-state index in [1.807, 2.05) is 0 Å². The van der Waals surface area contributed by atoms with Gasteiger partial charge in [0.05, 0.1) is 24.4 Å². The molecule has 202 valence electrons. The number of hydrogen-bond donors (Lipinski definition) is 2. The van der Waals surface area contributed by atoms with Crippen LogP contribution in [0.3, 0.4) is 0 Å². The van der Waals surface area contributed by atoms with E-state index in [9.17, 15) is 19.8 Å². The number of ether oxygens (including phenoxy) is 2. The summed E-state index contributed by atoms with van der Waals surface area (Å²) in [6, 6.07) is 0. The molecule has 0 aromatic rings. The fourth-order valence-electron chi connectivity index (χ4n) is 7.98. The van der Waals surface area contributed by atoms with Crippen LogP contribution in [0.1, 0.15) is 96.8 Å². The molecule has 4 aliphatic carbocycles. The summed E-state index contributed by atoms with van der Waals surface area (Å²) in [5.74, 6) is 1.02. The van der Waals surface area contributed by atoms with E-state index in [1.165, 1.54) is 25.7 Å². The van der Waals surface area contributed by atoms with E-state index in [-0.39, 0.29) is 19.1 Å². The van der Waals surface area contributed by atoms with Gasteiger partial charge < -0.3 is 19.7 Å². The third-order valence-electron chi connectivity index (χ3n) is 9.63. The summed E-state index contributed by atoms with van der Waals surface area (Å²) in [6.45, 7) is 9.60. The Kier molecular flexibility index (Phi) is 8.66. The number of aliphatic hydroxyl groups is 2. The Morgan fingerprint density at radius 2 is 1.42 bits per heavy atom. The highest BCUT2D eigenvalue weighted by molar-refractivity contribution is 5.87. The summed E-state index contributed by atoms with van der Waals surface area (Å²) in [5.41, 5.74) is -0.996. The molecule has 6 atom stereocenters. The summed E-state index contributed by atoms with van der Waals surface area (Å²) in [5, 5.41) is 22.9. The lowest BCUT2D eigenvalue weighted by Gasteiger charge is -2.50. The van der Waals surface area contributed by atoms with E-state index >= 15 is 0 Å². The van der Waals surface area contributed by atoms with Crippen LogP contribution < -0.4 is 0 Å². The first kappa shape index (κ1) is 27.4. The number of rotatable bonds is 10. The first-order valence-corrected chi connectivity index (χ1v) is 14.2. The second-order valence-electron chi connectivity index (χ2n) is 12.6. The van der Waals surface area contributed by atoms with Crippen LogP contribution in [0.4, 0.5) is 0 Å². The molecular weight excluding hydrogens is 456 g/mol. The largest absolute Gasteiger partial charge is 0.462 e. The second-order valence-corrected chi connectivity index (χ2v) is 12.6. The molecule has 0 aliphatic heterocycles. The third kappa shape index (κ3) is 6.61. The molecule has 36 heavy (non-hydrogen) atoms. The van der Waals surface area contributed by atoms with Gasteiger partial charge in [-0.15, -0.1) is 0 Å². The van der Waals surface area contributed by atoms with Crippen LogP contribution in [0.25, 0.3) is 0 Å². The van der Waals surface area contributed by atoms with E-state index in [4.69, 9.17) is 9.47 Å². The Hall–Kier alpha value is -1.66. The van der Waals surface area contributed by atoms with Crippen LogP contribution in [0, 0.1) is 29.6 Å². The molecule has 0 heterocycles. The quantitative estimate of drug-likeness (QED) is 0.313. The van der Waals surface area contributed by atoms with Crippen molar-refractivity contribution in [3.05, 3.63) is 24.3 Å². The Labute approximate surface area is 216 Å². The van der Waals surface area contributed by atoms with E-state index in [2.05, 4.69) is 13.2 Å². The van der Waals surface area contributed by atoms with Crippen molar-refractivity contribution in [2.45, 2.75) is 108 Å². The fraction of sp³-hybridized carbons (Fsp3) is 0.800. The third-order valence-corrected chi connectivity index (χ3v) is 9.63. The van der Waals surface area contributed by atoms with E-state index in [0.29, 0.717) is 60.5 Å². The van der Waals surface area contributed by atoms with Gasteiger partial charge in [-0.25, -0.2) is 9.59 Å². The highest BCUT2D eigenvalue weighted by Crippen LogP contribution is 2.51. The minimum absolute atomic E-state index is 0.112. The molecule has 2 N–H and O–H groups in total. The van der Waals surface area contributed by atoms with Crippen molar-refractivity contribution < 1.29 is 29.3 Å². The zero-order chi connectivity index (χ0) is 25.9. The maximum absolute atomic E-state index is 12.9. The van der Waals surface area contributed by atoms with Gasteiger partial charge in [-0.05, 0) is 75.0 Å². The smallest absolute Gasteiger partial charge is 0.333 e. The first-order chi connectivity index (χ1) is 17.1. The summed E-state index contributed by atoms with van der Waals surface area (Å²) in [4.78, 5) is 24.7. The summed E-state index contributed by atoms with van der Waals surface area (Å²) in [6.07, 6.45) is 12.8. The molecule has 0 radical (unpaired) electrons. The number of carbonyl (C=O) groups excluding carboxylic acids is 2. The van der Waals surface area contributed by atoms with Gasteiger partial charge in [0, 0.05) is 24.0 Å². The maximum atomic E-state index is 12.9. The minimum atomic E-state index is -0.998. The van der Waals surface area contributed by atoms with Gasteiger partial charge in [-0.2, -0.15) is 0 Å². The molecule has 0 aromatic heterocycles. The molecular formula is C30H46O6.